The number of carboxylic acid groups (broad SMARTS) is 1. The monoisotopic (exact) mass is 335 g/mol. The van der Waals surface area contributed by atoms with Crippen LogP contribution >= 0.6 is 11.8 Å². The Hall–Kier alpha value is -1.12. The molecule has 0 bridgehead atoms. The van der Waals surface area contributed by atoms with Crippen LogP contribution in [0.15, 0.2) is 17.0 Å². The van der Waals surface area contributed by atoms with E-state index >= 15 is 0 Å². The summed E-state index contributed by atoms with van der Waals surface area (Å²) < 4.78 is 40.7. The average Bonchev–Trinajstić information content (AvgIpc) is 2.38. The van der Waals surface area contributed by atoms with Crippen LogP contribution in [-0.4, -0.2) is 37.0 Å². The van der Waals surface area contributed by atoms with Crippen molar-refractivity contribution in [1.82, 2.24) is 4.72 Å². The van der Waals surface area contributed by atoms with Crippen LogP contribution in [0.1, 0.15) is 29.8 Å². The molecule has 1 rings (SSSR count). The molecule has 2 N–H and O–H groups in total. The van der Waals surface area contributed by atoms with E-state index in [0.717, 1.165) is 17.9 Å². The molecule has 8 heteroatoms. The van der Waals surface area contributed by atoms with Crippen molar-refractivity contribution in [1.29, 1.82) is 0 Å². The lowest BCUT2D eigenvalue weighted by molar-refractivity contribution is 0.0696. The molecule has 0 amide bonds. The molecule has 5 nitrogen and oxygen atoms in total. The van der Waals surface area contributed by atoms with Gasteiger partial charge in [0.1, 0.15) is 5.82 Å². The molecule has 0 fully saturated rings. The first kappa shape index (κ1) is 17.9. The van der Waals surface area contributed by atoms with Gasteiger partial charge in [0.25, 0.3) is 0 Å². The molecule has 118 valence electrons. The van der Waals surface area contributed by atoms with Gasteiger partial charge in [-0.3, -0.25) is 0 Å². The molecule has 0 saturated heterocycles. The van der Waals surface area contributed by atoms with Crippen molar-refractivity contribution in [2.45, 2.75) is 31.7 Å². The van der Waals surface area contributed by atoms with Gasteiger partial charge in [-0.25, -0.2) is 22.3 Å². The maximum atomic E-state index is 13.7. The molecule has 0 aliphatic carbocycles. The standard InChI is InChI=1S/C13H18FNO4S2/c1-4-20-7-8(2)15-21(18,19)12-6-10(13(16)17)5-11(14)9(12)3/h5-6,8,15H,4,7H2,1-3H3,(H,16,17). The second-order valence-corrected chi connectivity index (χ2v) is 7.57. The Morgan fingerprint density at radius 2 is 2.10 bits per heavy atom. The van der Waals surface area contributed by atoms with Gasteiger partial charge >= 0.3 is 5.97 Å². The van der Waals surface area contributed by atoms with Crippen LogP contribution < -0.4 is 4.72 Å². The van der Waals surface area contributed by atoms with Crippen molar-refractivity contribution in [3.05, 3.63) is 29.1 Å². The Bertz CT molecular complexity index is 631. The van der Waals surface area contributed by atoms with Gasteiger partial charge in [0.15, 0.2) is 0 Å². The van der Waals surface area contributed by atoms with Gasteiger partial charge < -0.3 is 5.11 Å². The van der Waals surface area contributed by atoms with E-state index in [1.54, 1.807) is 18.7 Å². The molecule has 0 spiro atoms. The third kappa shape index (κ3) is 4.69. The number of carbonyl (C=O) groups is 1. The number of rotatable bonds is 7. The second kappa shape index (κ2) is 7.24. The minimum Gasteiger partial charge on any atom is -0.478 e. The summed E-state index contributed by atoms with van der Waals surface area (Å²) in [5, 5.41) is 8.90. The number of benzene rings is 1. The fourth-order valence-corrected chi connectivity index (χ4v) is 4.01. The zero-order chi connectivity index (χ0) is 16.2. The average molecular weight is 335 g/mol. The highest BCUT2D eigenvalue weighted by Crippen LogP contribution is 2.21. The Labute approximate surface area is 128 Å². The zero-order valence-electron chi connectivity index (χ0n) is 12.0. The SMILES string of the molecule is CCSCC(C)NS(=O)(=O)c1cc(C(=O)O)cc(F)c1C. The van der Waals surface area contributed by atoms with Crippen LogP contribution in [0, 0.1) is 12.7 Å². The molecule has 0 saturated carbocycles. The van der Waals surface area contributed by atoms with Crippen molar-refractivity contribution < 1.29 is 22.7 Å². The summed E-state index contributed by atoms with van der Waals surface area (Å²) in [7, 11) is -3.97. The quantitative estimate of drug-likeness (QED) is 0.798. The second-order valence-electron chi connectivity index (χ2n) is 4.57. The Kier molecular flexibility index (Phi) is 6.18. The minimum absolute atomic E-state index is 0.0946. The topological polar surface area (TPSA) is 83.5 Å². The lowest BCUT2D eigenvalue weighted by Crippen LogP contribution is -2.35. The molecule has 21 heavy (non-hydrogen) atoms. The summed E-state index contributed by atoms with van der Waals surface area (Å²) in [4.78, 5) is 10.6. The molecule has 1 atom stereocenters. The van der Waals surface area contributed by atoms with Crippen LogP contribution in [0.2, 0.25) is 0 Å². The summed E-state index contributed by atoms with van der Waals surface area (Å²) >= 11 is 1.57. The molecule has 0 aromatic heterocycles. The molecule has 0 heterocycles. The predicted octanol–water partition coefficient (Wildman–Crippen LogP) is 2.25. The summed E-state index contributed by atoms with van der Waals surface area (Å²) in [6.45, 7) is 4.97. The molecule has 1 aromatic rings. The van der Waals surface area contributed by atoms with E-state index in [-0.39, 0.29) is 16.5 Å². The first-order valence-electron chi connectivity index (χ1n) is 6.32. The largest absolute Gasteiger partial charge is 0.478 e. The van der Waals surface area contributed by atoms with Crippen molar-refractivity contribution in [3.8, 4) is 0 Å². The smallest absolute Gasteiger partial charge is 0.335 e. The number of hydrogen-bond acceptors (Lipinski definition) is 4. The summed E-state index contributed by atoms with van der Waals surface area (Å²) in [5.41, 5.74) is -0.489. The highest BCUT2D eigenvalue weighted by atomic mass is 32.2. The van der Waals surface area contributed by atoms with Crippen LogP contribution in [0.4, 0.5) is 4.39 Å². The van der Waals surface area contributed by atoms with E-state index in [4.69, 9.17) is 5.11 Å². The maximum absolute atomic E-state index is 13.7. The predicted molar refractivity (Wildman–Crippen MR) is 80.9 cm³/mol. The van der Waals surface area contributed by atoms with Crippen LogP contribution in [0.25, 0.3) is 0 Å². The fourth-order valence-electron chi connectivity index (χ4n) is 1.71. The van der Waals surface area contributed by atoms with Crippen molar-refractivity contribution in [2.24, 2.45) is 0 Å². The Morgan fingerprint density at radius 1 is 1.48 bits per heavy atom. The van der Waals surface area contributed by atoms with Gasteiger partial charge in [-0.05, 0) is 31.7 Å². The number of sulfonamides is 1. The molecule has 0 radical (unpaired) electrons. The van der Waals surface area contributed by atoms with Gasteiger partial charge in [-0.2, -0.15) is 11.8 Å². The van der Waals surface area contributed by atoms with E-state index in [0.29, 0.717) is 5.75 Å². The molecule has 1 aromatic carbocycles. The van der Waals surface area contributed by atoms with E-state index in [9.17, 15) is 17.6 Å². The number of hydrogen-bond donors (Lipinski definition) is 2. The number of halogens is 1. The van der Waals surface area contributed by atoms with E-state index in [1.807, 2.05) is 6.92 Å². The molecular formula is C13H18FNO4S2. The highest BCUT2D eigenvalue weighted by molar-refractivity contribution is 7.99. The molecule has 0 aliphatic heterocycles. The Morgan fingerprint density at radius 3 is 2.62 bits per heavy atom. The lowest BCUT2D eigenvalue weighted by Gasteiger charge is -2.15. The first-order chi connectivity index (χ1) is 9.69. The minimum atomic E-state index is -3.97. The normalized spacial score (nSPS) is 13.1. The van der Waals surface area contributed by atoms with Crippen LogP contribution in [0.5, 0.6) is 0 Å². The van der Waals surface area contributed by atoms with Crippen LogP contribution in [0.3, 0.4) is 0 Å². The maximum Gasteiger partial charge on any atom is 0.335 e. The van der Waals surface area contributed by atoms with Gasteiger partial charge in [-0.1, -0.05) is 6.92 Å². The van der Waals surface area contributed by atoms with E-state index in [1.165, 1.54) is 6.92 Å². The third-order valence-corrected chi connectivity index (χ3v) is 5.62. The number of nitrogens with one attached hydrogen (secondary N) is 1. The van der Waals surface area contributed by atoms with Gasteiger partial charge in [0.05, 0.1) is 10.5 Å². The van der Waals surface area contributed by atoms with Crippen molar-refractivity contribution >= 4 is 27.8 Å². The molecule has 0 aliphatic rings. The van der Waals surface area contributed by atoms with Crippen molar-refractivity contribution in [2.75, 3.05) is 11.5 Å². The number of aromatic carboxylic acids is 1. The number of carboxylic acids is 1. The Balaban J connectivity index is 3.16. The first-order valence-corrected chi connectivity index (χ1v) is 8.96. The zero-order valence-corrected chi connectivity index (χ0v) is 13.6. The van der Waals surface area contributed by atoms with Gasteiger partial charge in [0, 0.05) is 17.4 Å². The van der Waals surface area contributed by atoms with Crippen molar-refractivity contribution in [3.63, 3.8) is 0 Å². The highest BCUT2D eigenvalue weighted by Gasteiger charge is 2.23. The summed E-state index contributed by atoms with van der Waals surface area (Å²) in [6.07, 6.45) is 0. The van der Waals surface area contributed by atoms with E-state index in [2.05, 4.69) is 4.72 Å². The van der Waals surface area contributed by atoms with Crippen LogP contribution in [-0.2, 0) is 10.0 Å². The van der Waals surface area contributed by atoms with Gasteiger partial charge in [0.2, 0.25) is 10.0 Å². The third-order valence-electron chi connectivity index (χ3n) is 2.76. The summed E-state index contributed by atoms with van der Waals surface area (Å²) in [5.74, 6) is -0.796. The molecule has 1 unspecified atom stereocenters. The molecular weight excluding hydrogens is 317 g/mol. The van der Waals surface area contributed by atoms with Gasteiger partial charge in [-0.15, -0.1) is 0 Å². The fraction of sp³-hybridized carbons (Fsp3) is 0.462. The summed E-state index contributed by atoms with van der Waals surface area (Å²) in [6, 6.07) is 1.45. The lowest BCUT2D eigenvalue weighted by atomic mass is 10.1. The number of thioether (sulfide) groups is 1. The van der Waals surface area contributed by atoms with E-state index < -0.39 is 27.4 Å².